The second-order valence-corrected chi connectivity index (χ2v) is 15.3. The lowest BCUT2D eigenvalue weighted by atomic mass is 9.82. The summed E-state index contributed by atoms with van der Waals surface area (Å²) in [6.45, 7) is 4.69. The Morgan fingerprint density at radius 2 is 1.00 bits per heavy atom. The topological polar surface area (TPSA) is 43.6 Å². The Bertz CT molecular complexity index is 3160. The highest BCUT2D eigenvalue weighted by molar-refractivity contribution is 6.16. The number of fused-ring (bicyclic) bond motifs is 8. The normalized spacial score (nSPS) is 13.0. The summed E-state index contributed by atoms with van der Waals surface area (Å²) >= 11 is 0. The van der Waals surface area contributed by atoms with Gasteiger partial charge < -0.3 is 4.57 Å². The van der Waals surface area contributed by atoms with Crippen molar-refractivity contribution in [1.29, 1.82) is 0 Å². The lowest BCUT2D eigenvalue weighted by Crippen LogP contribution is -2.14. The summed E-state index contributed by atoms with van der Waals surface area (Å²) < 4.78 is 2.44. The van der Waals surface area contributed by atoms with Crippen LogP contribution in [0.5, 0.6) is 0 Å². The van der Waals surface area contributed by atoms with E-state index in [1.807, 2.05) is 18.2 Å². The Morgan fingerprint density at radius 3 is 1.80 bits per heavy atom. The smallest absolute Gasteiger partial charge is 0.164 e. The van der Waals surface area contributed by atoms with Crippen LogP contribution in [0.4, 0.5) is 0 Å². The molecule has 0 spiro atoms. The van der Waals surface area contributed by atoms with Gasteiger partial charge in [-0.1, -0.05) is 166 Å². The fourth-order valence-electron chi connectivity index (χ4n) is 8.83. The lowest BCUT2D eigenvalue weighted by molar-refractivity contribution is 0.661. The molecule has 11 rings (SSSR count). The van der Waals surface area contributed by atoms with Gasteiger partial charge in [0.2, 0.25) is 0 Å². The van der Waals surface area contributed by atoms with E-state index in [4.69, 9.17) is 15.0 Å². The fourth-order valence-corrected chi connectivity index (χ4v) is 8.83. The minimum atomic E-state index is -0.107. The van der Waals surface area contributed by atoms with Crippen LogP contribution in [0.2, 0.25) is 0 Å². The first-order valence-corrected chi connectivity index (χ1v) is 19.2. The SMILES string of the molecule is CC1(C)c2ccccc2-c2c1ccc1c3ccc(-c4nc(-c5ccccc5)nc(-c5cccc(-c6ccc7ccccc7c6)c5)n4)cc3n(-c3ccccc3)c21. The number of hydrogen-bond donors (Lipinski definition) is 0. The Morgan fingerprint density at radius 1 is 0.411 bits per heavy atom. The number of nitrogens with zero attached hydrogens (tertiary/aromatic N) is 4. The molecule has 56 heavy (non-hydrogen) atoms. The van der Waals surface area contributed by atoms with Crippen molar-refractivity contribution in [2.45, 2.75) is 19.3 Å². The van der Waals surface area contributed by atoms with Crippen LogP contribution in [0.25, 0.3) is 94.7 Å². The van der Waals surface area contributed by atoms with Crippen LogP contribution in [0.15, 0.2) is 182 Å². The van der Waals surface area contributed by atoms with Crippen molar-refractivity contribution in [3.8, 4) is 62.1 Å². The molecule has 8 aromatic carbocycles. The largest absolute Gasteiger partial charge is 0.309 e. The predicted octanol–water partition coefficient (Wildman–Crippen LogP) is 13.1. The molecular weight excluding hydrogens is 681 g/mol. The standard InChI is InChI=1S/C52H36N4/c1-52(2)44-23-12-11-22-43(44)47-45(52)29-28-42-41-27-26-39(32-46(41)56(48(42)47)40-20-7-4-8-21-40)51-54-49(34-15-5-3-6-16-34)53-50(55-51)38-19-13-18-36(31-38)37-25-24-33-14-9-10-17-35(33)30-37/h3-32H,1-2H3. The van der Waals surface area contributed by atoms with E-state index in [0.29, 0.717) is 17.5 Å². The van der Waals surface area contributed by atoms with Gasteiger partial charge in [-0.2, -0.15) is 0 Å². The molecule has 1 aliphatic rings. The summed E-state index contributed by atoms with van der Waals surface area (Å²) in [6, 6.07) is 64.8. The Labute approximate surface area is 325 Å². The van der Waals surface area contributed by atoms with E-state index in [9.17, 15) is 0 Å². The second-order valence-electron chi connectivity index (χ2n) is 15.3. The van der Waals surface area contributed by atoms with Gasteiger partial charge in [0.1, 0.15) is 0 Å². The molecule has 0 saturated carbocycles. The molecule has 0 atom stereocenters. The summed E-state index contributed by atoms with van der Waals surface area (Å²) in [5.41, 5.74) is 13.8. The van der Waals surface area contributed by atoms with Gasteiger partial charge in [-0.15, -0.1) is 0 Å². The van der Waals surface area contributed by atoms with Crippen molar-refractivity contribution in [1.82, 2.24) is 19.5 Å². The van der Waals surface area contributed by atoms with Crippen LogP contribution in [0.1, 0.15) is 25.0 Å². The van der Waals surface area contributed by atoms with Gasteiger partial charge >= 0.3 is 0 Å². The van der Waals surface area contributed by atoms with E-state index in [0.717, 1.165) is 39.0 Å². The van der Waals surface area contributed by atoms with Crippen molar-refractivity contribution in [3.63, 3.8) is 0 Å². The third kappa shape index (κ3) is 5.03. The summed E-state index contributed by atoms with van der Waals surface area (Å²) in [5, 5.41) is 4.86. The molecule has 0 radical (unpaired) electrons. The Kier molecular flexibility index (Phi) is 7.17. The minimum absolute atomic E-state index is 0.107. The number of hydrogen-bond acceptors (Lipinski definition) is 3. The van der Waals surface area contributed by atoms with E-state index >= 15 is 0 Å². The number of benzene rings is 8. The van der Waals surface area contributed by atoms with Crippen molar-refractivity contribution in [2.75, 3.05) is 0 Å². The number of para-hydroxylation sites is 1. The zero-order chi connectivity index (χ0) is 37.4. The minimum Gasteiger partial charge on any atom is -0.309 e. The zero-order valence-electron chi connectivity index (χ0n) is 31.1. The van der Waals surface area contributed by atoms with E-state index in [-0.39, 0.29) is 5.41 Å². The summed E-state index contributed by atoms with van der Waals surface area (Å²) in [6.07, 6.45) is 0. The van der Waals surface area contributed by atoms with Crippen LogP contribution < -0.4 is 0 Å². The Hall–Kier alpha value is -7.17. The molecule has 4 nitrogen and oxygen atoms in total. The fraction of sp³-hybridized carbons (Fsp3) is 0.0577. The average molecular weight is 717 g/mol. The molecule has 1 aliphatic carbocycles. The number of aromatic nitrogens is 4. The van der Waals surface area contributed by atoms with Crippen LogP contribution in [-0.4, -0.2) is 19.5 Å². The molecule has 0 N–H and O–H groups in total. The molecule has 2 aromatic heterocycles. The molecule has 0 aliphatic heterocycles. The molecule has 0 bridgehead atoms. The predicted molar refractivity (Wildman–Crippen MR) is 231 cm³/mol. The van der Waals surface area contributed by atoms with E-state index in [2.05, 4.69) is 182 Å². The lowest BCUT2D eigenvalue weighted by Gasteiger charge is -2.21. The molecule has 0 saturated heterocycles. The maximum atomic E-state index is 5.22. The summed E-state index contributed by atoms with van der Waals surface area (Å²) in [5.74, 6) is 1.91. The monoisotopic (exact) mass is 716 g/mol. The van der Waals surface area contributed by atoms with E-state index in [1.54, 1.807) is 0 Å². The maximum absolute atomic E-state index is 5.22. The first-order chi connectivity index (χ1) is 27.5. The zero-order valence-corrected chi connectivity index (χ0v) is 31.1. The van der Waals surface area contributed by atoms with Gasteiger partial charge in [-0.3, -0.25) is 0 Å². The van der Waals surface area contributed by atoms with Crippen LogP contribution in [-0.2, 0) is 5.41 Å². The third-order valence-electron chi connectivity index (χ3n) is 11.6. The van der Waals surface area contributed by atoms with Gasteiger partial charge in [-0.05, 0) is 68.9 Å². The van der Waals surface area contributed by atoms with Gasteiger partial charge in [-0.25, -0.2) is 15.0 Å². The van der Waals surface area contributed by atoms with Crippen molar-refractivity contribution >= 4 is 32.6 Å². The van der Waals surface area contributed by atoms with Crippen LogP contribution >= 0.6 is 0 Å². The first-order valence-electron chi connectivity index (χ1n) is 19.2. The van der Waals surface area contributed by atoms with Crippen LogP contribution in [0, 0.1) is 0 Å². The summed E-state index contributed by atoms with van der Waals surface area (Å²) in [4.78, 5) is 15.5. The quantitative estimate of drug-likeness (QED) is 0.178. The molecule has 0 unspecified atom stereocenters. The highest BCUT2D eigenvalue weighted by Crippen LogP contribution is 2.53. The molecule has 264 valence electrons. The highest BCUT2D eigenvalue weighted by Gasteiger charge is 2.37. The molecule has 4 heteroatoms. The third-order valence-corrected chi connectivity index (χ3v) is 11.6. The van der Waals surface area contributed by atoms with Gasteiger partial charge in [0.25, 0.3) is 0 Å². The van der Waals surface area contributed by atoms with Crippen molar-refractivity contribution in [2.24, 2.45) is 0 Å². The molecule has 0 amide bonds. The molecule has 10 aromatic rings. The van der Waals surface area contributed by atoms with Crippen molar-refractivity contribution in [3.05, 3.63) is 193 Å². The van der Waals surface area contributed by atoms with Gasteiger partial charge in [0.05, 0.1) is 11.0 Å². The van der Waals surface area contributed by atoms with E-state index < -0.39 is 0 Å². The maximum Gasteiger partial charge on any atom is 0.164 e. The van der Waals surface area contributed by atoms with E-state index in [1.165, 1.54) is 49.3 Å². The number of rotatable bonds is 5. The average Bonchev–Trinajstić information content (AvgIpc) is 3.72. The Balaban J connectivity index is 1.13. The highest BCUT2D eigenvalue weighted by atomic mass is 15.0. The second kappa shape index (κ2) is 12.4. The molecule has 2 heterocycles. The molecular formula is C52H36N4. The molecule has 0 fully saturated rings. The summed E-state index contributed by atoms with van der Waals surface area (Å²) in [7, 11) is 0. The van der Waals surface area contributed by atoms with Gasteiger partial charge in [0, 0.05) is 44.1 Å². The van der Waals surface area contributed by atoms with Crippen molar-refractivity contribution < 1.29 is 0 Å². The van der Waals surface area contributed by atoms with Crippen LogP contribution in [0.3, 0.4) is 0 Å². The van der Waals surface area contributed by atoms with Gasteiger partial charge in [0.15, 0.2) is 17.5 Å². The first kappa shape index (κ1) is 32.3.